The van der Waals surface area contributed by atoms with Crippen LogP contribution in [-0.4, -0.2) is 4.98 Å². The van der Waals surface area contributed by atoms with Crippen molar-refractivity contribution in [2.24, 2.45) is 5.73 Å². The van der Waals surface area contributed by atoms with E-state index in [1.807, 2.05) is 5.38 Å². The molecule has 0 amide bonds. The maximum Gasteiger partial charge on any atom is 0.127 e. The van der Waals surface area contributed by atoms with Gasteiger partial charge in [0.2, 0.25) is 0 Å². The second-order valence-electron chi connectivity index (χ2n) is 3.42. The molecule has 0 saturated heterocycles. The number of rotatable bonds is 3. The molecular formula is C11H10ClFN2S. The van der Waals surface area contributed by atoms with Crippen molar-refractivity contribution in [3.8, 4) is 0 Å². The molecule has 0 aliphatic carbocycles. The predicted octanol–water partition coefficient (Wildman–Crippen LogP) is 3.18. The van der Waals surface area contributed by atoms with Crippen molar-refractivity contribution >= 4 is 22.9 Å². The normalized spacial score (nSPS) is 12.7. The maximum absolute atomic E-state index is 13.5. The number of benzene rings is 1. The van der Waals surface area contributed by atoms with Gasteiger partial charge in [-0.05, 0) is 18.6 Å². The van der Waals surface area contributed by atoms with Gasteiger partial charge < -0.3 is 5.73 Å². The van der Waals surface area contributed by atoms with Crippen LogP contribution in [0.2, 0.25) is 5.02 Å². The fraction of sp³-hybridized carbons (Fsp3) is 0.182. The van der Waals surface area contributed by atoms with Crippen LogP contribution >= 0.6 is 22.9 Å². The van der Waals surface area contributed by atoms with Gasteiger partial charge in [-0.2, -0.15) is 0 Å². The Morgan fingerprint density at radius 1 is 1.50 bits per heavy atom. The van der Waals surface area contributed by atoms with E-state index in [1.54, 1.807) is 17.6 Å². The average Bonchev–Trinajstić information content (AvgIpc) is 2.76. The molecule has 16 heavy (non-hydrogen) atoms. The fourth-order valence-electron chi connectivity index (χ4n) is 1.46. The van der Waals surface area contributed by atoms with Crippen molar-refractivity contribution in [3.05, 3.63) is 51.2 Å². The van der Waals surface area contributed by atoms with Crippen molar-refractivity contribution in [1.29, 1.82) is 0 Å². The molecule has 0 aliphatic rings. The minimum Gasteiger partial charge on any atom is -0.322 e. The Morgan fingerprint density at radius 3 is 2.94 bits per heavy atom. The Bertz CT molecular complexity index is 453. The van der Waals surface area contributed by atoms with Crippen molar-refractivity contribution in [1.82, 2.24) is 4.98 Å². The lowest BCUT2D eigenvalue weighted by molar-refractivity contribution is 0.591. The molecule has 0 aliphatic heterocycles. The van der Waals surface area contributed by atoms with Crippen LogP contribution in [0.15, 0.2) is 29.1 Å². The number of nitrogens with zero attached hydrogens (tertiary/aromatic N) is 1. The van der Waals surface area contributed by atoms with Gasteiger partial charge in [-0.15, -0.1) is 11.3 Å². The molecule has 0 fully saturated rings. The minimum absolute atomic E-state index is 0.319. The highest BCUT2D eigenvalue weighted by Crippen LogP contribution is 2.24. The molecule has 0 radical (unpaired) electrons. The minimum atomic E-state index is -0.321. The molecule has 2 aromatic rings. The molecule has 0 saturated carbocycles. The van der Waals surface area contributed by atoms with Gasteiger partial charge >= 0.3 is 0 Å². The second-order valence-corrected chi connectivity index (χ2v) is 4.55. The number of aromatic nitrogens is 1. The Labute approximate surface area is 102 Å². The van der Waals surface area contributed by atoms with E-state index < -0.39 is 0 Å². The molecule has 2 nitrogen and oxygen atoms in total. The predicted molar refractivity (Wildman–Crippen MR) is 64.2 cm³/mol. The Balaban J connectivity index is 2.21. The second kappa shape index (κ2) is 4.91. The summed E-state index contributed by atoms with van der Waals surface area (Å²) in [6.45, 7) is 0. The summed E-state index contributed by atoms with van der Waals surface area (Å²) >= 11 is 7.39. The summed E-state index contributed by atoms with van der Waals surface area (Å²) in [4.78, 5) is 4.10. The molecule has 1 aromatic carbocycles. The topological polar surface area (TPSA) is 38.9 Å². The molecule has 84 valence electrons. The van der Waals surface area contributed by atoms with E-state index in [4.69, 9.17) is 17.3 Å². The summed E-state index contributed by atoms with van der Waals surface area (Å²) in [6.07, 6.45) is 0.356. The highest BCUT2D eigenvalue weighted by Gasteiger charge is 2.14. The van der Waals surface area contributed by atoms with Crippen molar-refractivity contribution < 1.29 is 4.39 Å². The Kier molecular flexibility index (Phi) is 3.53. The molecular weight excluding hydrogens is 247 g/mol. The number of hydrogen-bond donors (Lipinski definition) is 1. The lowest BCUT2D eigenvalue weighted by Crippen LogP contribution is -2.14. The number of hydrogen-bond acceptors (Lipinski definition) is 3. The molecule has 2 rings (SSSR count). The molecule has 5 heteroatoms. The zero-order valence-corrected chi connectivity index (χ0v) is 9.93. The molecule has 0 spiro atoms. The summed E-state index contributed by atoms with van der Waals surface area (Å²) in [5, 5.41) is 2.27. The fourth-order valence-corrected chi connectivity index (χ4v) is 2.32. The van der Waals surface area contributed by atoms with Gasteiger partial charge in [0.15, 0.2) is 0 Å². The van der Waals surface area contributed by atoms with Crippen LogP contribution in [0.5, 0.6) is 0 Å². The first-order valence-corrected chi connectivity index (χ1v) is 6.07. The number of thiazole rings is 1. The van der Waals surface area contributed by atoms with Crippen LogP contribution < -0.4 is 5.73 Å². The maximum atomic E-state index is 13.5. The zero-order chi connectivity index (χ0) is 11.5. The van der Waals surface area contributed by atoms with Crippen molar-refractivity contribution in [3.63, 3.8) is 0 Å². The summed E-state index contributed by atoms with van der Waals surface area (Å²) in [7, 11) is 0. The first-order valence-electron chi connectivity index (χ1n) is 4.75. The standard InChI is InChI=1S/C11H10ClFN2S/c12-8-2-1-3-9(13)7(8)4-10(14)11-5-16-6-15-11/h1-3,5-6,10H,4,14H2. The van der Waals surface area contributed by atoms with Crippen LogP contribution in [0.4, 0.5) is 4.39 Å². The molecule has 1 unspecified atom stereocenters. The quantitative estimate of drug-likeness (QED) is 0.916. The Hall–Kier alpha value is -0.970. The largest absolute Gasteiger partial charge is 0.322 e. The van der Waals surface area contributed by atoms with Crippen LogP contribution in [-0.2, 0) is 6.42 Å². The third kappa shape index (κ3) is 2.40. The first-order chi connectivity index (χ1) is 7.68. The van der Waals surface area contributed by atoms with Gasteiger partial charge in [-0.1, -0.05) is 17.7 Å². The third-order valence-electron chi connectivity index (χ3n) is 2.32. The SMILES string of the molecule is NC(Cc1c(F)cccc1Cl)c1cscn1. The molecule has 1 atom stereocenters. The van der Waals surface area contributed by atoms with E-state index in [2.05, 4.69) is 4.98 Å². The summed E-state index contributed by atoms with van der Waals surface area (Å²) in [5.74, 6) is -0.321. The van der Waals surface area contributed by atoms with Crippen LogP contribution in [0, 0.1) is 5.82 Å². The van der Waals surface area contributed by atoms with Gasteiger partial charge in [0.25, 0.3) is 0 Å². The number of nitrogens with two attached hydrogens (primary N) is 1. The molecule has 2 N–H and O–H groups in total. The average molecular weight is 257 g/mol. The highest BCUT2D eigenvalue weighted by atomic mass is 35.5. The Morgan fingerprint density at radius 2 is 2.31 bits per heavy atom. The molecule has 0 bridgehead atoms. The van der Waals surface area contributed by atoms with Gasteiger partial charge in [-0.3, -0.25) is 0 Å². The molecule has 1 heterocycles. The van der Waals surface area contributed by atoms with Gasteiger partial charge in [0.1, 0.15) is 5.82 Å². The smallest absolute Gasteiger partial charge is 0.127 e. The summed E-state index contributed by atoms with van der Waals surface area (Å²) in [5.41, 5.74) is 8.85. The van der Waals surface area contributed by atoms with E-state index in [-0.39, 0.29) is 11.9 Å². The van der Waals surface area contributed by atoms with Gasteiger partial charge in [-0.25, -0.2) is 9.37 Å². The van der Waals surface area contributed by atoms with E-state index in [0.29, 0.717) is 17.0 Å². The van der Waals surface area contributed by atoms with Crippen LogP contribution in [0.3, 0.4) is 0 Å². The van der Waals surface area contributed by atoms with Gasteiger partial charge in [0.05, 0.1) is 17.2 Å². The van der Waals surface area contributed by atoms with E-state index in [0.717, 1.165) is 5.69 Å². The highest BCUT2D eigenvalue weighted by molar-refractivity contribution is 7.07. The third-order valence-corrected chi connectivity index (χ3v) is 3.28. The first kappa shape index (κ1) is 11.5. The van der Waals surface area contributed by atoms with E-state index in [1.165, 1.54) is 17.4 Å². The van der Waals surface area contributed by atoms with Crippen molar-refractivity contribution in [2.75, 3.05) is 0 Å². The summed E-state index contributed by atoms with van der Waals surface area (Å²) in [6, 6.07) is 4.30. The van der Waals surface area contributed by atoms with Crippen molar-refractivity contribution in [2.45, 2.75) is 12.5 Å². The molecule has 1 aromatic heterocycles. The monoisotopic (exact) mass is 256 g/mol. The van der Waals surface area contributed by atoms with Crippen LogP contribution in [0.1, 0.15) is 17.3 Å². The summed E-state index contributed by atoms with van der Waals surface area (Å²) < 4.78 is 13.5. The van der Waals surface area contributed by atoms with Gasteiger partial charge in [0, 0.05) is 16.0 Å². The van der Waals surface area contributed by atoms with E-state index >= 15 is 0 Å². The lowest BCUT2D eigenvalue weighted by atomic mass is 10.0. The zero-order valence-electron chi connectivity index (χ0n) is 8.36. The van der Waals surface area contributed by atoms with Crippen LogP contribution in [0.25, 0.3) is 0 Å². The van der Waals surface area contributed by atoms with E-state index in [9.17, 15) is 4.39 Å². The number of halogens is 2. The lowest BCUT2D eigenvalue weighted by Gasteiger charge is -2.11.